The maximum Gasteiger partial charge on any atom is 0.300 e. The number of carboxylic acids is 1. The van der Waals surface area contributed by atoms with Crippen molar-refractivity contribution < 1.29 is 27.0 Å². The molecule has 0 rings (SSSR count). The largest absolute Gasteiger partial charge is 0.481 e. The minimum absolute atomic E-state index is 0. The maximum absolute atomic E-state index is 9.00. The third kappa shape index (κ3) is 53.3. The third-order valence-corrected chi connectivity index (χ3v) is 17.1. The fourth-order valence-electron chi connectivity index (χ4n) is 7.13. The summed E-state index contributed by atoms with van der Waals surface area (Å²) >= 11 is 0. The molecule has 0 aliphatic carbocycles. The molecule has 0 saturated heterocycles. The number of unbranched alkanes of at least 4 members (excludes halogenated alkanes) is 6. The van der Waals surface area contributed by atoms with Gasteiger partial charge in [0.25, 0.3) is 5.97 Å². The van der Waals surface area contributed by atoms with Gasteiger partial charge >= 0.3 is 0 Å². The molecule has 1 N–H and O–H groups in total. The summed E-state index contributed by atoms with van der Waals surface area (Å²) in [6.45, 7) is 29.2. The first-order chi connectivity index (χ1) is 26.6. The van der Waals surface area contributed by atoms with Gasteiger partial charge in [0.1, 0.15) is 0 Å². The van der Waals surface area contributed by atoms with Crippen molar-refractivity contribution in [3.05, 3.63) is 0 Å². The van der Waals surface area contributed by atoms with Gasteiger partial charge in [-0.3, -0.25) is 4.79 Å². The molecular formula is C50H109FeO2P3. The maximum atomic E-state index is 9.00. The second-order valence-corrected chi connectivity index (χ2v) is 20.9. The SMILES string of the molecule is CC(=O)O.CCCCC(CC)CPCC(CC)CCCC.CCCCC(CC)CPCC(CC)CCCC.CCCCC(CC)CPCC(CC)CCCC.[Fe]. The monoisotopic (exact) mass is 891 g/mol. The Morgan fingerprint density at radius 2 is 0.482 bits per heavy atom. The Hall–Kier alpha value is 1.28. The second-order valence-electron chi connectivity index (χ2n) is 17.0. The van der Waals surface area contributed by atoms with Gasteiger partial charge in [0, 0.05) is 24.0 Å². The van der Waals surface area contributed by atoms with E-state index < -0.39 is 5.97 Å². The molecular weight excluding hydrogens is 781 g/mol. The van der Waals surface area contributed by atoms with E-state index in [1.165, 1.54) is 217 Å². The van der Waals surface area contributed by atoms with Crippen LogP contribution in [0.5, 0.6) is 0 Å². The molecule has 0 aromatic heterocycles. The molecule has 6 unspecified atom stereocenters. The molecule has 0 aromatic carbocycles. The molecule has 0 saturated carbocycles. The Balaban J connectivity index is -0.000000219. The Morgan fingerprint density at radius 3 is 0.571 bits per heavy atom. The summed E-state index contributed by atoms with van der Waals surface area (Å²) in [7, 11) is 3.69. The zero-order chi connectivity index (χ0) is 42.4. The van der Waals surface area contributed by atoms with Crippen LogP contribution in [0.2, 0.25) is 0 Å². The fourth-order valence-corrected chi connectivity index (χ4v) is 13.0. The summed E-state index contributed by atoms with van der Waals surface area (Å²) in [5.74, 6) is 5.32. The molecule has 6 heteroatoms. The molecule has 0 radical (unpaired) electrons. The number of hydrogen-bond donors (Lipinski definition) is 1. The van der Waals surface area contributed by atoms with Gasteiger partial charge < -0.3 is 5.11 Å². The van der Waals surface area contributed by atoms with Crippen molar-refractivity contribution in [2.24, 2.45) is 35.5 Å². The summed E-state index contributed by atoms with van der Waals surface area (Å²) in [5, 5.41) is 7.42. The molecule has 0 fully saturated rings. The van der Waals surface area contributed by atoms with E-state index in [4.69, 9.17) is 9.90 Å². The third-order valence-electron chi connectivity index (χ3n) is 11.9. The zero-order valence-electron chi connectivity index (χ0n) is 40.9. The van der Waals surface area contributed by atoms with Crippen molar-refractivity contribution in [1.82, 2.24) is 0 Å². The Bertz CT molecular complexity index is 564. The molecule has 0 aliphatic rings. The summed E-state index contributed by atoms with van der Waals surface area (Å²) < 4.78 is 0. The molecule has 0 aromatic rings. The first-order valence-electron chi connectivity index (χ1n) is 24.9. The average molecular weight is 891 g/mol. The van der Waals surface area contributed by atoms with Crippen LogP contribution in [0.4, 0.5) is 0 Å². The van der Waals surface area contributed by atoms with Crippen LogP contribution in [-0.2, 0) is 21.9 Å². The number of hydrogen-bond acceptors (Lipinski definition) is 1. The van der Waals surface area contributed by atoms with Crippen LogP contribution in [0.3, 0.4) is 0 Å². The van der Waals surface area contributed by atoms with Crippen molar-refractivity contribution in [1.29, 1.82) is 0 Å². The summed E-state index contributed by atoms with van der Waals surface area (Å²) in [6, 6.07) is 0. The van der Waals surface area contributed by atoms with Crippen LogP contribution in [0.1, 0.15) is 244 Å². The first-order valence-corrected chi connectivity index (χ1v) is 29.1. The molecule has 6 atom stereocenters. The van der Waals surface area contributed by atoms with Gasteiger partial charge in [-0.15, -0.1) is 25.7 Å². The fraction of sp³-hybridized carbons (Fsp3) is 0.980. The normalized spacial score (nSPS) is 14.6. The molecule has 56 heavy (non-hydrogen) atoms. The second kappa shape index (κ2) is 56.3. The van der Waals surface area contributed by atoms with Crippen LogP contribution in [0.15, 0.2) is 0 Å². The molecule has 0 heterocycles. The van der Waals surface area contributed by atoms with Gasteiger partial charge in [-0.25, -0.2) is 0 Å². The van der Waals surface area contributed by atoms with E-state index in [0.29, 0.717) is 0 Å². The van der Waals surface area contributed by atoms with E-state index >= 15 is 0 Å². The Labute approximate surface area is 373 Å². The van der Waals surface area contributed by atoms with E-state index in [-0.39, 0.29) is 17.1 Å². The van der Waals surface area contributed by atoms with Crippen molar-refractivity contribution >= 4 is 31.7 Å². The quantitative estimate of drug-likeness (QED) is 0.0503. The van der Waals surface area contributed by atoms with E-state index in [0.717, 1.165) is 42.4 Å². The van der Waals surface area contributed by atoms with E-state index in [1.807, 2.05) is 0 Å². The van der Waals surface area contributed by atoms with Crippen LogP contribution in [-0.4, -0.2) is 48.0 Å². The van der Waals surface area contributed by atoms with Crippen molar-refractivity contribution in [3.63, 3.8) is 0 Å². The molecule has 0 aliphatic heterocycles. The van der Waals surface area contributed by atoms with Gasteiger partial charge in [-0.2, -0.15) is 0 Å². The van der Waals surface area contributed by atoms with Gasteiger partial charge in [0.15, 0.2) is 0 Å². The smallest absolute Gasteiger partial charge is 0.300 e. The van der Waals surface area contributed by atoms with Gasteiger partial charge in [0.2, 0.25) is 0 Å². The van der Waals surface area contributed by atoms with Gasteiger partial charge in [0.05, 0.1) is 0 Å². The predicted molar refractivity (Wildman–Crippen MR) is 267 cm³/mol. The van der Waals surface area contributed by atoms with Crippen LogP contribution in [0.25, 0.3) is 0 Å². The van der Waals surface area contributed by atoms with E-state index in [2.05, 4.69) is 83.1 Å². The first kappa shape index (κ1) is 66.4. The number of rotatable bonds is 36. The minimum atomic E-state index is -0.833. The Morgan fingerprint density at radius 1 is 0.357 bits per heavy atom. The van der Waals surface area contributed by atoms with Crippen LogP contribution in [0, 0.1) is 35.5 Å². The minimum Gasteiger partial charge on any atom is -0.481 e. The molecule has 344 valence electrons. The van der Waals surface area contributed by atoms with Crippen molar-refractivity contribution in [2.75, 3.05) is 37.0 Å². The Kier molecular flexibility index (Phi) is 66.7. The van der Waals surface area contributed by atoms with Crippen molar-refractivity contribution in [2.45, 2.75) is 244 Å². The standard InChI is InChI=1S/3C16H35P.C2H4O2.Fe/c3*1-5-9-11-15(7-3)13-17-14-16(8-4)12-10-6-2;1-2(3)4;/h3*15-17H,5-14H2,1-4H3;1H3,(H,3,4);. The van der Waals surface area contributed by atoms with Gasteiger partial charge in [-0.05, 0) is 72.5 Å². The molecule has 0 spiro atoms. The van der Waals surface area contributed by atoms with Crippen LogP contribution >= 0.6 is 25.7 Å². The summed E-state index contributed by atoms with van der Waals surface area (Å²) in [5.41, 5.74) is 0. The van der Waals surface area contributed by atoms with Crippen molar-refractivity contribution in [3.8, 4) is 0 Å². The van der Waals surface area contributed by atoms with Gasteiger partial charge in [-0.1, -0.05) is 237 Å². The number of aliphatic carboxylic acids is 1. The summed E-state index contributed by atoms with van der Waals surface area (Å²) in [6.07, 6.45) is 43.2. The zero-order valence-corrected chi connectivity index (χ0v) is 45.0. The molecule has 0 bridgehead atoms. The van der Waals surface area contributed by atoms with Crippen LogP contribution < -0.4 is 0 Å². The number of carboxylic acid groups (broad SMARTS) is 1. The average Bonchev–Trinajstić information content (AvgIpc) is 3.19. The topological polar surface area (TPSA) is 37.3 Å². The van der Waals surface area contributed by atoms with E-state index in [1.54, 1.807) is 0 Å². The molecule has 2 nitrogen and oxygen atoms in total. The summed E-state index contributed by atoms with van der Waals surface area (Å²) in [4.78, 5) is 9.00. The number of carbonyl (C=O) groups is 1. The van der Waals surface area contributed by atoms with E-state index in [9.17, 15) is 0 Å². The molecule has 0 amide bonds. The predicted octanol–water partition coefficient (Wildman–Crippen LogP) is 18.4.